The first-order valence-electron chi connectivity index (χ1n) is 9.37. The fourth-order valence-corrected chi connectivity index (χ4v) is 3.96. The molecule has 1 amide bonds. The summed E-state index contributed by atoms with van der Waals surface area (Å²) in [6.45, 7) is 3.96. The zero-order valence-electron chi connectivity index (χ0n) is 15.4. The Hall–Kier alpha value is -1.59. The predicted octanol–water partition coefficient (Wildman–Crippen LogP) is 2.34. The van der Waals surface area contributed by atoms with Crippen molar-refractivity contribution in [3.8, 4) is 5.75 Å². The summed E-state index contributed by atoms with van der Waals surface area (Å²) in [7, 11) is 3.47. The van der Waals surface area contributed by atoms with Gasteiger partial charge < -0.3 is 14.4 Å². The minimum absolute atomic E-state index is 0.283. The second-order valence-corrected chi connectivity index (χ2v) is 7.10. The molecule has 0 radical (unpaired) electrons. The summed E-state index contributed by atoms with van der Waals surface area (Å²) in [5.74, 6) is 1.14. The lowest BCUT2D eigenvalue weighted by atomic mass is 10.0. The van der Waals surface area contributed by atoms with Crippen LogP contribution in [0.2, 0.25) is 0 Å². The molecule has 138 valence electrons. The maximum atomic E-state index is 12.5. The van der Waals surface area contributed by atoms with Gasteiger partial charge in [-0.3, -0.25) is 9.69 Å². The minimum Gasteiger partial charge on any atom is -0.497 e. The Bertz CT molecular complexity index is 553. The van der Waals surface area contributed by atoms with Crippen molar-refractivity contribution >= 4 is 5.91 Å². The summed E-state index contributed by atoms with van der Waals surface area (Å²) in [6, 6.07) is 8.60. The van der Waals surface area contributed by atoms with Gasteiger partial charge in [0.25, 0.3) is 0 Å². The molecule has 0 aromatic heterocycles. The van der Waals surface area contributed by atoms with Crippen LogP contribution in [0.5, 0.6) is 5.75 Å². The number of aryl methyl sites for hydroxylation is 1. The maximum Gasteiger partial charge on any atom is 0.222 e. The maximum absolute atomic E-state index is 12.5. The van der Waals surface area contributed by atoms with Gasteiger partial charge in [0.05, 0.1) is 13.2 Å². The highest BCUT2D eigenvalue weighted by molar-refractivity contribution is 5.76. The number of carbonyl (C=O) groups is 1. The molecule has 1 atom stereocenters. The van der Waals surface area contributed by atoms with Crippen molar-refractivity contribution in [3.05, 3.63) is 29.8 Å². The van der Waals surface area contributed by atoms with Gasteiger partial charge in [0.2, 0.25) is 5.91 Å². The van der Waals surface area contributed by atoms with Gasteiger partial charge in [0, 0.05) is 45.8 Å². The van der Waals surface area contributed by atoms with Crippen LogP contribution in [0.15, 0.2) is 24.3 Å². The first kappa shape index (κ1) is 18.2. The monoisotopic (exact) mass is 346 g/mol. The standard InChI is InChI=1S/C20H30N2O3/c1-24-18-6-3-16(4-7-18)5-8-20(23)21-12-9-17(10-13-21)22-14-11-19(15-22)25-2/h3-4,6-7,17,19H,5,8-15H2,1-2H3. The highest BCUT2D eigenvalue weighted by Gasteiger charge is 2.31. The Labute approximate surface area is 150 Å². The van der Waals surface area contributed by atoms with Gasteiger partial charge in [-0.1, -0.05) is 12.1 Å². The number of rotatable bonds is 6. The van der Waals surface area contributed by atoms with E-state index in [0.29, 0.717) is 18.6 Å². The number of carbonyl (C=O) groups excluding carboxylic acids is 1. The lowest BCUT2D eigenvalue weighted by Crippen LogP contribution is -2.46. The number of likely N-dealkylation sites (tertiary alicyclic amines) is 2. The third-order valence-electron chi connectivity index (χ3n) is 5.63. The molecule has 2 aliphatic heterocycles. The van der Waals surface area contributed by atoms with E-state index in [1.165, 1.54) is 5.56 Å². The van der Waals surface area contributed by atoms with Crippen molar-refractivity contribution in [2.24, 2.45) is 0 Å². The Kier molecular flexibility index (Phi) is 6.32. The molecule has 5 heteroatoms. The number of piperidine rings is 1. The van der Waals surface area contributed by atoms with Gasteiger partial charge in [-0.25, -0.2) is 0 Å². The van der Waals surface area contributed by atoms with Crippen LogP contribution in [-0.4, -0.2) is 68.3 Å². The zero-order chi connectivity index (χ0) is 17.6. The van der Waals surface area contributed by atoms with Crippen LogP contribution >= 0.6 is 0 Å². The molecule has 0 bridgehead atoms. The lowest BCUT2D eigenvalue weighted by molar-refractivity contribution is -0.132. The predicted molar refractivity (Wildman–Crippen MR) is 97.9 cm³/mol. The van der Waals surface area contributed by atoms with E-state index in [4.69, 9.17) is 9.47 Å². The van der Waals surface area contributed by atoms with E-state index in [-0.39, 0.29) is 5.91 Å². The van der Waals surface area contributed by atoms with Crippen molar-refractivity contribution in [1.82, 2.24) is 9.80 Å². The molecule has 2 saturated heterocycles. The number of hydrogen-bond acceptors (Lipinski definition) is 4. The first-order chi connectivity index (χ1) is 12.2. The number of hydrogen-bond donors (Lipinski definition) is 0. The van der Waals surface area contributed by atoms with E-state index in [2.05, 4.69) is 4.90 Å². The molecule has 1 aromatic rings. The third kappa shape index (κ3) is 4.73. The molecule has 0 aliphatic carbocycles. The van der Waals surface area contributed by atoms with E-state index < -0.39 is 0 Å². The van der Waals surface area contributed by atoms with Gasteiger partial charge in [-0.2, -0.15) is 0 Å². The second-order valence-electron chi connectivity index (χ2n) is 7.10. The Balaban J connectivity index is 1.40. The summed E-state index contributed by atoms with van der Waals surface area (Å²) in [5, 5.41) is 0. The van der Waals surface area contributed by atoms with E-state index >= 15 is 0 Å². The van der Waals surface area contributed by atoms with Crippen LogP contribution in [0.25, 0.3) is 0 Å². The topological polar surface area (TPSA) is 42.0 Å². The molecule has 2 aliphatic rings. The summed E-state index contributed by atoms with van der Waals surface area (Å²) in [5.41, 5.74) is 1.19. The Morgan fingerprint density at radius 3 is 2.40 bits per heavy atom. The van der Waals surface area contributed by atoms with Crippen molar-refractivity contribution in [3.63, 3.8) is 0 Å². The average Bonchev–Trinajstić information content (AvgIpc) is 3.16. The molecule has 3 rings (SSSR count). The molecular formula is C20H30N2O3. The average molecular weight is 346 g/mol. The third-order valence-corrected chi connectivity index (χ3v) is 5.63. The number of ether oxygens (including phenoxy) is 2. The van der Waals surface area contributed by atoms with Gasteiger partial charge in [0.15, 0.2) is 0 Å². The quantitative estimate of drug-likeness (QED) is 0.793. The fourth-order valence-electron chi connectivity index (χ4n) is 3.96. The number of nitrogens with zero attached hydrogens (tertiary/aromatic N) is 2. The van der Waals surface area contributed by atoms with Crippen LogP contribution in [-0.2, 0) is 16.0 Å². The fraction of sp³-hybridized carbons (Fsp3) is 0.650. The molecule has 0 spiro atoms. The summed E-state index contributed by atoms with van der Waals surface area (Å²) >= 11 is 0. The highest BCUT2D eigenvalue weighted by atomic mass is 16.5. The Morgan fingerprint density at radius 1 is 1.08 bits per heavy atom. The van der Waals surface area contributed by atoms with E-state index in [1.54, 1.807) is 14.2 Å². The molecule has 1 unspecified atom stereocenters. The van der Waals surface area contributed by atoms with Crippen molar-refractivity contribution in [2.45, 2.75) is 44.2 Å². The molecule has 0 saturated carbocycles. The Morgan fingerprint density at radius 2 is 1.80 bits per heavy atom. The van der Waals surface area contributed by atoms with Crippen molar-refractivity contribution in [1.29, 1.82) is 0 Å². The number of amides is 1. The molecule has 2 heterocycles. The van der Waals surface area contributed by atoms with Crippen LogP contribution in [0.4, 0.5) is 0 Å². The van der Waals surface area contributed by atoms with E-state index in [0.717, 1.165) is 57.6 Å². The molecule has 2 fully saturated rings. The smallest absolute Gasteiger partial charge is 0.222 e. The zero-order valence-corrected chi connectivity index (χ0v) is 15.4. The van der Waals surface area contributed by atoms with E-state index in [1.807, 2.05) is 29.2 Å². The number of methoxy groups -OCH3 is 2. The second kappa shape index (κ2) is 8.68. The van der Waals surface area contributed by atoms with Crippen molar-refractivity contribution < 1.29 is 14.3 Å². The lowest BCUT2D eigenvalue weighted by Gasteiger charge is -2.36. The van der Waals surface area contributed by atoms with E-state index in [9.17, 15) is 4.79 Å². The minimum atomic E-state index is 0.283. The summed E-state index contributed by atoms with van der Waals surface area (Å²) in [4.78, 5) is 17.1. The molecule has 5 nitrogen and oxygen atoms in total. The van der Waals surface area contributed by atoms with Crippen molar-refractivity contribution in [2.75, 3.05) is 40.4 Å². The van der Waals surface area contributed by atoms with Gasteiger partial charge in [-0.15, -0.1) is 0 Å². The van der Waals surface area contributed by atoms with Gasteiger partial charge >= 0.3 is 0 Å². The van der Waals surface area contributed by atoms with Gasteiger partial charge in [-0.05, 0) is 43.4 Å². The molecular weight excluding hydrogens is 316 g/mol. The first-order valence-corrected chi connectivity index (χ1v) is 9.37. The van der Waals surface area contributed by atoms with Crippen LogP contribution < -0.4 is 4.74 Å². The molecule has 0 N–H and O–H groups in total. The normalized spacial score (nSPS) is 22.3. The van der Waals surface area contributed by atoms with Crippen LogP contribution in [0, 0.1) is 0 Å². The van der Waals surface area contributed by atoms with Crippen LogP contribution in [0.3, 0.4) is 0 Å². The number of benzene rings is 1. The summed E-state index contributed by atoms with van der Waals surface area (Å²) < 4.78 is 10.6. The molecule has 1 aromatic carbocycles. The largest absolute Gasteiger partial charge is 0.497 e. The van der Waals surface area contributed by atoms with Gasteiger partial charge in [0.1, 0.15) is 5.75 Å². The SMILES string of the molecule is COc1ccc(CCC(=O)N2CCC(N3CCC(OC)C3)CC2)cc1. The summed E-state index contributed by atoms with van der Waals surface area (Å²) in [6.07, 6.45) is 5.09. The molecule has 25 heavy (non-hydrogen) atoms. The van der Waals surface area contributed by atoms with Crippen LogP contribution in [0.1, 0.15) is 31.2 Å². The highest BCUT2D eigenvalue weighted by Crippen LogP contribution is 2.23.